The number of carbonyl (C=O) groups is 1. The average molecular weight is 278 g/mol. The third kappa shape index (κ3) is 2.38. The van der Waals surface area contributed by atoms with E-state index >= 15 is 0 Å². The fourth-order valence-electron chi connectivity index (χ4n) is 1.87. The quantitative estimate of drug-likeness (QED) is 0.635. The van der Waals surface area contributed by atoms with Crippen molar-refractivity contribution in [2.75, 3.05) is 12.8 Å². The lowest BCUT2D eigenvalue weighted by Gasteiger charge is -2.32. The van der Waals surface area contributed by atoms with Crippen LogP contribution in [-0.2, 0) is 14.0 Å². The largest absolute Gasteiger partial charge is 0.498 e. The van der Waals surface area contributed by atoms with Gasteiger partial charge in [0, 0.05) is 5.46 Å². The highest BCUT2D eigenvalue weighted by Gasteiger charge is 2.52. The summed E-state index contributed by atoms with van der Waals surface area (Å²) in [6.07, 6.45) is 0. The van der Waals surface area contributed by atoms with Crippen LogP contribution in [-0.4, -0.2) is 36.4 Å². The Hall–Kier alpha value is -1.60. The molecule has 0 atom stereocenters. The van der Waals surface area contributed by atoms with Crippen LogP contribution in [0.15, 0.2) is 12.1 Å². The molecule has 1 saturated heterocycles. The van der Waals surface area contributed by atoms with Crippen LogP contribution in [0.25, 0.3) is 0 Å². The van der Waals surface area contributed by atoms with Crippen molar-refractivity contribution < 1.29 is 18.8 Å². The Kier molecular flexibility index (Phi) is 3.52. The number of nitrogens with two attached hydrogens (primary N) is 1. The first-order chi connectivity index (χ1) is 9.18. The zero-order chi connectivity index (χ0) is 15.1. The van der Waals surface area contributed by atoms with Crippen molar-refractivity contribution >= 4 is 24.4 Å². The number of pyridine rings is 1. The van der Waals surface area contributed by atoms with E-state index in [9.17, 15) is 4.79 Å². The number of hydrogen-bond acceptors (Lipinski definition) is 6. The van der Waals surface area contributed by atoms with Crippen molar-refractivity contribution in [1.82, 2.24) is 4.98 Å². The Morgan fingerprint density at radius 2 is 1.80 bits per heavy atom. The first-order valence-corrected chi connectivity index (χ1v) is 6.38. The highest BCUT2D eigenvalue weighted by atomic mass is 16.7. The Morgan fingerprint density at radius 1 is 1.25 bits per heavy atom. The van der Waals surface area contributed by atoms with E-state index in [1.807, 2.05) is 27.7 Å². The van der Waals surface area contributed by atoms with Gasteiger partial charge in [-0.2, -0.15) is 0 Å². The second-order valence-corrected chi connectivity index (χ2v) is 5.75. The van der Waals surface area contributed by atoms with Gasteiger partial charge in [-0.3, -0.25) is 0 Å². The second kappa shape index (κ2) is 4.75. The molecule has 0 aromatic carbocycles. The minimum absolute atomic E-state index is 0.158. The third-order valence-corrected chi connectivity index (χ3v) is 3.86. The number of methoxy groups -OCH3 is 1. The molecule has 1 aliphatic rings. The van der Waals surface area contributed by atoms with E-state index < -0.39 is 24.3 Å². The highest BCUT2D eigenvalue weighted by Crippen LogP contribution is 2.36. The van der Waals surface area contributed by atoms with Crippen molar-refractivity contribution in [2.24, 2.45) is 0 Å². The molecule has 108 valence electrons. The predicted molar refractivity (Wildman–Crippen MR) is 75.7 cm³/mol. The van der Waals surface area contributed by atoms with Crippen LogP contribution >= 0.6 is 0 Å². The molecule has 0 radical (unpaired) electrons. The van der Waals surface area contributed by atoms with Crippen molar-refractivity contribution in [3.05, 3.63) is 17.8 Å². The van der Waals surface area contributed by atoms with Crippen molar-refractivity contribution in [3.8, 4) is 0 Å². The summed E-state index contributed by atoms with van der Waals surface area (Å²) in [4.78, 5) is 15.4. The Morgan fingerprint density at radius 3 is 2.25 bits per heavy atom. The van der Waals surface area contributed by atoms with Crippen molar-refractivity contribution in [3.63, 3.8) is 0 Å². The number of anilines is 1. The highest BCUT2D eigenvalue weighted by molar-refractivity contribution is 6.63. The molecule has 0 aliphatic carbocycles. The molecule has 1 aromatic rings. The maximum absolute atomic E-state index is 11.4. The summed E-state index contributed by atoms with van der Waals surface area (Å²) < 4.78 is 16.4. The number of esters is 1. The van der Waals surface area contributed by atoms with Crippen molar-refractivity contribution in [2.45, 2.75) is 38.9 Å². The van der Waals surface area contributed by atoms with E-state index in [1.54, 1.807) is 12.1 Å². The smallest absolute Gasteiger partial charge is 0.464 e. The van der Waals surface area contributed by atoms with Gasteiger partial charge in [0.1, 0.15) is 5.82 Å². The van der Waals surface area contributed by atoms with Crippen LogP contribution in [0.4, 0.5) is 5.82 Å². The topological polar surface area (TPSA) is 83.7 Å². The monoisotopic (exact) mass is 278 g/mol. The molecule has 0 spiro atoms. The number of nitrogen functional groups attached to an aromatic ring is 1. The maximum atomic E-state index is 11.4. The van der Waals surface area contributed by atoms with Crippen LogP contribution in [0, 0.1) is 0 Å². The summed E-state index contributed by atoms with van der Waals surface area (Å²) in [7, 11) is 0.696. The molecule has 2 heterocycles. The summed E-state index contributed by atoms with van der Waals surface area (Å²) >= 11 is 0. The van der Waals surface area contributed by atoms with Gasteiger partial charge in [-0.1, -0.05) is 6.07 Å². The molecular weight excluding hydrogens is 259 g/mol. The van der Waals surface area contributed by atoms with Gasteiger partial charge in [-0.25, -0.2) is 9.78 Å². The molecule has 1 aliphatic heterocycles. The zero-order valence-electron chi connectivity index (χ0n) is 12.4. The first-order valence-electron chi connectivity index (χ1n) is 6.38. The normalized spacial score (nSPS) is 19.9. The molecule has 2 rings (SSSR count). The Balaban J connectivity index is 2.30. The number of hydrogen-bond donors (Lipinski definition) is 1. The van der Waals surface area contributed by atoms with Gasteiger partial charge in [-0.15, -0.1) is 0 Å². The Labute approximate surface area is 118 Å². The lowest BCUT2D eigenvalue weighted by Crippen LogP contribution is -2.41. The number of rotatable bonds is 2. The van der Waals surface area contributed by atoms with Crippen LogP contribution < -0.4 is 11.2 Å². The second-order valence-electron chi connectivity index (χ2n) is 5.75. The number of carbonyl (C=O) groups excluding carboxylic acids is 1. The molecule has 0 bridgehead atoms. The summed E-state index contributed by atoms with van der Waals surface area (Å²) in [6, 6.07) is 3.22. The minimum atomic E-state index is -0.598. The maximum Gasteiger partial charge on any atom is 0.498 e. The summed E-state index contributed by atoms with van der Waals surface area (Å²) in [5, 5.41) is 0. The predicted octanol–water partition coefficient (Wildman–Crippen LogP) is 0.750. The molecule has 1 fully saturated rings. The van der Waals surface area contributed by atoms with Crippen LogP contribution in [0.5, 0.6) is 0 Å². The molecule has 2 N–H and O–H groups in total. The van der Waals surface area contributed by atoms with E-state index in [0.29, 0.717) is 5.46 Å². The lowest BCUT2D eigenvalue weighted by atomic mass is 9.79. The van der Waals surface area contributed by atoms with E-state index in [-0.39, 0.29) is 11.5 Å². The molecule has 0 saturated carbocycles. The minimum Gasteiger partial charge on any atom is -0.464 e. The zero-order valence-corrected chi connectivity index (χ0v) is 12.4. The van der Waals surface area contributed by atoms with E-state index in [2.05, 4.69) is 9.72 Å². The van der Waals surface area contributed by atoms with Crippen molar-refractivity contribution in [1.29, 1.82) is 0 Å². The van der Waals surface area contributed by atoms with Gasteiger partial charge in [0.2, 0.25) is 0 Å². The number of ether oxygens (including phenoxy) is 1. The first kappa shape index (κ1) is 14.8. The summed E-state index contributed by atoms with van der Waals surface area (Å²) in [6.45, 7) is 7.83. The van der Waals surface area contributed by atoms with E-state index in [0.717, 1.165) is 0 Å². The molecule has 6 nitrogen and oxygen atoms in total. The van der Waals surface area contributed by atoms with Crippen LogP contribution in [0.3, 0.4) is 0 Å². The number of aromatic nitrogens is 1. The fraction of sp³-hybridized carbons (Fsp3) is 0.538. The fourth-order valence-corrected chi connectivity index (χ4v) is 1.87. The number of nitrogens with zero attached hydrogens (tertiary/aromatic N) is 1. The molecule has 20 heavy (non-hydrogen) atoms. The van der Waals surface area contributed by atoms with E-state index in [4.69, 9.17) is 15.0 Å². The standard InChI is InChI=1S/C13H19BN2O4/c1-12(2)13(3,4)20-14(19-12)8-6-7-9(11(17)18-5)16-10(8)15/h6-7H,1-5H3,(H2,15,16). The Bertz CT molecular complexity index is 529. The molecular formula is C13H19BN2O4. The van der Waals surface area contributed by atoms with Gasteiger partial charge in [0.15, 0.2) is 5.69 Å². The summed E-state index contributed by atoms with van der Waals surface area (Å²) in [5.74, 6) is -0.330. The summed E-state index contributed by atoms with van der Waals surface area (Å²) in [5.41, 5.74) is 5.75. The third-order valence-electron chi connectivity index (χ3n) is 3.86. The van der Waals surface area contributed by atoms with Gasteiger partial charge < -0.3 is 19.8 Å². The lowest BCUT2D eigenvalue weighted by molar-refractivity contribution is 0.00578. The SMILES string of the molecule is COC(=O)c1ccc(B2OC(C)(C)C(C)(C)O2)c(N)n1. The van der Waals surface area contributed by atoms with Crippen LogP contribution in [0.1, 0.15) is 38.2 Å². The molecule has 0 amide bonds. The van der Waals surface area contributed by atoms with Crippen LogP contribution in [0.2, 0.25) is 0 Å². The van der Waals surface area contributed by atoms with Gasteiger partial charge >= 0.3 is 13.1 Å². The van der Waals surface area contributed by atoms with Gasteiger partial charge in [-0.05, 0) is 33.8 Å². The average Bonchev–Trinajstić information content (AvgIpc) is 2.57. The van der Waals surface area contributed by atoms with Gasteiger partial charge in [0.05, 0.1) is 18.3 Å². The van der Waals surface area contributed by atoms with E-state index in [1.165, 1.54) is 7.11 Å². The molecule has 7 heteroatoms. The molecule has 1 aromatic heterocycles. The molecule has 0 unspecified atom stereocenters. The van der Waals surface area contributed by atoms with Gasteiger partial charge in [0.25, 0.3) is 0 Å².